The second-order valence-corrected chi connectivity index (χ2v) is 9.16. The molecule has 0 bridgehead atoms. The summed E-state index contributed by atoms with van der Waals surface area (Å²) in [6.07, 6.45) is 0.781. The number of ether oxygens (including phenoxy) is 2. The maximum Gasteiger partial charge on any atom is 0.407 e. The second-order valence-electron chi connectivity index (χ2n) is 9.16. The number of methoxy groups -OCH3 is 1. The number of carboxylic acid groups (broad SMARTS) is 1. The lowest BCUT2D eigenvalue weighted by Crippen LogP contribution is -2.54. The van der Waals surface area contributed by atoms with Gasteiger partial charge in [-0.25, -0.2) is 4.79 Å². The van der Waals surface area contributed by atoms with Gasteiger partial charge >= 0.3 is 12.1 Å². The van der Waals surface area contributed by atoms with Crippen molar-refractivity contribution in [2.45, 2.75) is 37.7 Å². The molecule has 0 radical (unpaired) electrons. The molecular weight excluding hydrogens is 448 g/mol. The summed E-state index contributed by atoms with van der Waals surface area (Å²) in [5.41, 5.74) is 4.66. The van der Waals surface area contributed by atoms with E-state index < -0.39 is 18.2 Å². The minimum Gasteiger partial charge on any atom is -0.481 e. The van der Waals surface area contributed by atoms with Crippen molar-refractivity contribution >= 4 is 18.0 Å². The van der Waals surface area contributed by atoms with Crippen LogP contribution >= 0.6 is 0 Å². The molecule has 186 valence electrons. The van der Waals surface area contributed by atoms with Crippen molar-refractivity contribution in [3.63, 3.8) is 0 Å². The van der Waals surface area contributed by atoms with E-state index in [0.717, 1.165) is 17.5 Å². The second kappa shape index (κ2) is 11.4. The summed E-state index contributed by atoms with van der Waals surface area (Å²) in [4.78, 5) is 37.4. The Hall–Kier alpha value is -3.39. The summed E-state index contributed by atoms with van der Waals surface area (Å²) in [5.74, 6) is -0.553. The van der Waals surface area contributed by atoms with Crippen LogP contribution in [0, 0.1) is 5.92 Å². The molecule has 0 spiro atoms. The highest BCUT2D eigenvalue weighted by molar-refractivity contribution is 5.82. The van der Waals surface area contributed by atoms with Crippen LogP contribution in [0.1, 0.15) is 42.7 Å². The van der Waals surface area contributed by atoms with Gasteiger partial charge < -0.3 is 24.8 Å². The number of rotatable bonds is 11. The minimum atomic E-state index is -0.791. The third-order valence-corrected chi connectivity index (χ3v) is 6.85. The third kappa shape index (κ3) is 5.82. The van der Waals surface area contributed by atoms with Crippen molar-refractivity contribution in [1.82, 2.24) is 10.2 Å². The van der Waals surface area contributed by atoms with Crippen molar-refractivity contribution < 1.29 is 29.0 Å². The van der Waals surface area contributed by atoms with Crippen molar-refractivity contribution in [3.05, 3.63) is 59.7 Å². The first-order valence-electron chi connectivity index (χ1n) is 12.1. The number of carbonyl (C=O) groups excluding carboxylic acids is 2. The zero-order chi connectivity index (χ0) is 24.8. The predicted molar refractivity (Wildman–Crippen MR) is 130 cm³/mol. The molecule has 0 aromatic heterocycles. The van der Waals surface area contributed by atoms with E-state index in [1.807, 2.05) is 24.3 Å². The van der Waals surface area contributed by atoms with E-state index in [2.05, 4.69) is 29.6 Å². The van der Waals surface area contributed by atoms with E-state index >= 15 is 0 Å². The molecule has 1 saturated heterocycles. The lowest BCUT2D eigenvalue weighted by molar-refractivity contribution is -0.149. The van der Waals surface area contributed by atoms with Gasteiger partial charge in [0.15, 0.2) is 0 Å². The highest BCUT2D eigenvalue weighted by Crippen LogP contribution is 2.44. The summed E-state index contributed by atoms with van der Waals surface area (Å²) in [7, 11) is 1.49. The van der Waals surface area contributed by atoms with Crippen LogP contribution in [0.3, 0.4) is 0 Å². The number of carbonyl (C=O) groups is 3. The average molecular weight is 481 g/mol. The monoisotopic (exact) mass is 480 g/mol. The fourth-order valence-corrected chi connectivity index (χ4v) is 4.97. The van der Waals surface area contributed by atoms with Crippen LogP contribution < -0.4 is 5.32 Å². The topological polar surface area (TPSA) is 105 Å². The minimum absolute atomic E-state index is 0.00341. The molecule has 8 heteroatoms. The molecule has 2 aromatic rings. The molecular formula is C27H32N2O6. The van der Waals surface area contributed by atoms with Gasteiger partial charge in [0.2, 0.25) is 0 Å². The molecule has 1 heterocycles. The van der Waals surface area contributed by atoms with Crippen molar-refractivity contribution in [3.8, 4) is 11.1 Å². The number of benzene rings is 2. The molecule has 8 nitrogen and oxygen atoms in total. The first-order valence-corrected chi connectivity index (χ1v) is 12.1. The van der Waals surface area contributed by atoms with Gasteiger partial charge in [-0.05, 0) is 41.0 Å². The lowest BCUT2D eigenvalue weighted by atomic mass is 9.93. The number of nitrogens with zero attached hydrogens (tertiary/aromatic N) is 1. The maximum absolute atomic E-state index is 12.7. The zero-order valence-electron chi connectivity index (χ0n) is 19.9. The summed E-state index contributed by atoms with van der Waals surface area (Å²) >= 11 is 0. The Morgan fingerprint density at radius 1 is 1.06 bits per heavy atom. The first kappa shape index (κ1) is 24.7. The molecule has 2 aromatic carbocycles. The van der Waals surface area contributed by atoms with Crippen LogP contribution in [0.25, 0.3) is 11.1 Å². The molecule has 1 aliphatic carbocycles. The van der Waals surface area contributed by atoms with Gasteiger partial charge in [-0.2, -0.15) is 0 Å². The molecule has 2 amide bonds. The van der Waals surface area contributed by atoms with E-state index in [9.17, 15) is 14.4 Å². The molecule has 1 fully saturated rings. The summed E-state index contributed by atoms with van der Waals surface area (Å²) < 4.78 is 10.9. The van der Waals surface area contributed by atoms with Gasteiger partial charge in [0.25, 0.3) is 5.91 Å². The lowest BCUT2D eigenvalue weighted by Gasteiger charge is -2.41. The van der Waals surface area contributed by atoms with E-state index in [-0.39, 0.29) is 31.4 Å². The fourth-order valence-electron chi connectivity index (χ4n) is 4.97. The van der Waals surface area contributed by atoms with E-state index in [1.54, 1.807) is 4.90 Å². The van der Waals surface area contributed by atoms with Crippen LogP contribution in [0.2, 0.25) is 0 Å². The van der Waals surface area contributed by atoms with E-state index in [1.165, 1.54) is 18.2 Å². The van der Waals surface area contributed by atoms with Crippen molar-refractivity contribution in [2.75, 3.05) is 33.4 Å². The van der Waals surface area contributed by atoms with Crippen LogP contribution in [0.4, 0.5) is 4.79 Å². The van der Waals surface area contributed by atoms with Crippen LogP contribution in [-0.2, 0) is 19.1 Å². The molecule has 2 aliphatic rings. The van der Waals surface area contributed by atoms with E-state index in [4.69, 9.17) is 14.6 Å². The summed E-state index contributed by atoms with van der Waals surface area (Å²) in [6.45, 7) is 1.75. The number of amides is 2. The van der Waals surface area contributed by atoms with Gasteiger partial charge in [-0.1, -0.05) is 48.5 Å². The molecule has 4 rings (SSSR count). The fraction of sp³-hybridized carbons (Fsp3) is 0.444. The Morgan fingerprint density at radius 3 is 2.29 bits per heavy atom. The SMILES string of the molecule is COC(CCNC(=O)OCC1c2ccccc2-c2ccccc21)C(=O)N1CC(CCCC(=O)O)C1. The Labute approximate surface area is 205 Å². The maximum atomic E-state index is 12.7. The largest absolute Gasteiger partial charge is 0.481 e. The quantitative estimate of drug-likeness (QED) is 0.509. The summed E-state index contributed by atoms with van der Waals surface area (Å²) in [5, 5.41) is 11.5. The highest BCUT2D eigenvalue weighted by Gasteiger charge is 2.34. The smallest absolute Gasteiger partial charge is 0.407 e. The van der Waals surface area contributed by atoms with Crippen LogP contribution in [0.5, 0.6) is 0 Å². The Kier molecular flexibility index (Phi) is 8.02. The van der Waals surface area contributed by atoms with E-state index in [0.29, 0.717) is 31.8 Å². The molecule has 2 N–H and O–H groups in total. The predicted octanol–water partition coefficient (Wildman–Crippen LogP) is 3.64. The Bertz CT molecular complexity index is 1020. The number of carboxylic acids is 1. The Morgan fingerprint density at radius 2 is 1.69 bits per heavy atom. The van der Waals surface area contributed by atoms with Gasteiger partial charge in [0.05, 0.1) is 0 Å². The molecule has 0 saturated carbocycles. The van der Waals surface area contributed by atoms with Gasteiger partial charge in [-0.3, -0.25) is 9.59 Å². The number of alkyl carbamates (subject to hydrolysis) is 1. The number of hydrogen-bond acceptors (Lipinski definition) is 5. The van der Waals surface area contributed by atoms with Crippen molar-refractivity contribution in [1.29, 1.82) is 0 Å². The summed E-state index contributed by atoms with van der Waals surface area (Å²) in [6, 6.07) is 16.3. The van der Waals surface area contributed by atoms with Gasteiger partial charge in [0.1, 0.15) is 12.7 Å². The molecule has 1 unspecified atom stereocenters. The standard InChI is InChI=1S/C27H32N2O6/c1-34-24(26(32)29-15-18(16-29)7-6-12-25(30)31)13-14-28-27(33)35-17-23-21-10-4-2-8-19(21)20-9-3-5-11-22(20)23/h2-5,8-11,18,23-24H,6-7,12-17H2,1H3,(H,28,33)(H,30,31). The highest BCUT2D eigenvalue weighted by atomic mass is 16.5. The van der Waals surface area contributed by atoms with Gasteiger partial charge in [0, 0.05) is 45.5 Å². The zero-order valence-corrected chi connectivity index (χ0v) is 19.9. The number of aliphatic carboxylic acids is 1. The normalized spacial score (nSPS) is 15.6. The number of likely N-dealkylation sites (tertiary alicyclic amines) is 1. The first-order chi connectivity index (χ1) is 17.0. The number of fused-ring (bicyclic) bond motifs is 3. The van der Waals surface area contributed by atoms with Crippen molar-refractivity contribution in [2.24, 2.45) is 5.92 Å². The van der Waals surface area contributed by atoms with Gasteiger partial charge in [-0.15, -0.1) is 0 Å². The molecule has 1 atom stereocenters. The van der Waals surface area contributed by atoms with Crippen LogP contribution in [0.15, 0.2) is 48.5 Å². The molecule has 1 aliphatic heterocycles. The average Bonchev–Trinajstić information content (AvgIpc) is 3.15. The number of nitrogens with one attached hydrogen (secondary N) is 1. The molecule has 35 heavy (non-hydrogen) atoms. The van der Waals surface area contributed by atoms with Crippen LogP contribution in [-0.4, -0.2) is 67.4 Å². The number of hydrogen-bond donors (Lipinski definition) is 2. The Balaban J connectivity index is 1.19. The third-order valence-electron chi connectivity index (χ3n) is 6.85.